The number of rotatable bonds is 8. The molecule has 0 aliphatic heterocycles. The number of hydrogen-bond donors (Lipinski definition) is 2. The molecule has 1 aromatic carbocycles. The lowest BCUT2D eigenvalue weighted by Gasteiger charge is -2.12. The van der Waals surface area contributed by atoms with Gasteiger partial charge in [-0.2, -0.15) is 0 Å². The molecule has 0 amide bonds. The van der Waals surface area contributed by atoms with Gasteiger partial charge in [0, 0.05) is 5.75 Å². The molecule has 3 N–H and O–H groups in total. The van der Waals surface area contributed by atoms with Gasteiger partial charge in [0.2, 0.25) is 0 Å². The van der Waals surface area contributed by atoms with Gasteiger partial charge >= 0.3 is 5.97 Å². The molecule has 0 spiro atoms. The largest absolute Gasteiger partial charge is 0.480 e. The highest BCUT2D eigenvalue weighted by Gasteiger charge is 2.17. The fourth-order valence-electron chi connectivity index (χ4n) is 2.10. The van der Waals surface area contributed by atoms with Gasteiger partial charge in [0.25, 0.3) is 0 Å². The van der Waals surface area contributed by atoms with Gasteiger partial charge in [-0.1, -0.05) is 35.7 Å². The van der Waals surface area contributed by atoms with Crippen molar-refractivity contribution in [1.29, 1.82) is 0 Å². The van der Waals surface area contributed by atoms with Crippen molar-refractivity contribution >= 4 is 17.7 Å². The van der Waals surface area contributed by atoms with Gasteiger partial charge in [0.05, 0.1) is 0 Å². The van der Waals surface area contributed by atoms with Crippen LogP contribution in [0.2, 0.25) is 0 Å². The van der Waals surface area contributed by atoms with E-state index in [0.717, 1.165) is 18.6 Å². The van der Waals surface area contributed by atoms with Crippen molar-refractivity contribution in [2.75, 3.05) is 6.54 Å². The van der Waals surface area contributed by atoms with Crippen LogP contribution in [-0.2, 0) is 10.5 Å². The van der Waals surface area contributed by atoms with Gasteiger partial charge in [-0.15, -0.1) is 11.8 Å². The molecular formula is C15H23NO2S. The minimum Gasteiger partial charge on any atom is -0.480 e. The minimum atomic E-state index is -0.716. The quantitative estimate of drug-likeness (QED) is 0.719. The van der Waals surface area contributed by atoms with Crippen molar-refractivity contribution in [2.24, 2.45) is 5.73 Å². The topological polar surface area (TPSA) is 63.3 Å². The van der Waals surface area contributed by atoms with Crippen molar-refractivity contribution in [3.63, 3.8) is 0 Å². The molecule has 106 valence electrons. The zero-order chi connectivity index (χ0) is 14.3. The molecule has 1 unspecified atom stereocenters. The van der Waals surface area contributed by atoms with E-state index in [1.807, 2.05) is 0 Å². The Balaban J connectivity index is 2.53. The lowest BCUT2D eigenvalue weighted by molar-refractivity contribution is -0.136. The number of thioether (sulfide) groups is 1. The first-order valence-corrected chi connectivity index (χ1v) is 7.69. The fourth-order valence-corrected chi connectivity index (χ4v) is 3.14. The molecule has 0 fully saturated rings. The Morgan fingerprint density at radius 2 is 1.89 bits per heavy atom. The fraction of sp³-hybridized carbons (Fsp3) is 0.533. The van der Waals surface area contributed by atoms with Gasteiger partial charge in [0.1, 0.15) is 5.25 Å². The van der Waals surface area contributed by atoms with Crippen LogP contribution < -0.4 is 5.73 Å². The van der Waals surface area contributed by atoms with E-state index in [1.54, 1.807) is 0 Å². The average Bonchev–Trinajstić information content (AvgIpc) is 2.32. The first kappa shape index (κ1) is 16.1. The zero-order valence-electron chi connectivity index (χ0n) is 11.7. The molecule has 3 nitrogen and oxygen atoms in total. The summed E-state index contributed by atoms with van der Waals surface area (Å²) in [5.74, 6) is 0.0358. The Kier molecular flexibility index (Phi) is 6.95. The standard InChI is InChI=1S/C15H23NO2S/c1-11-7-12(2)9-13(8-11)10-19-14(15(17)18)5-3-4-6-16/h7-9,14H,3-6,10,16H2,1-2H3,(H,17,18). The SMILES string of the molecule is Cc1cc(C)cc(CSC(CCCCN)C(=O)O)c1. The summed E-state index contributed by atoms with van der Waals surface area (Å²) in [6.07, 6.45) is 2.48. The summed E-state index contributed by atoms with van der Waals surface area (Å²) in [4.78, 5) is 11.2. The van der Waals surface area contributed by atoms with E-state index >= 15 is 0 Å². The number of nitrogens with two attached hydrogens (primary N) is 1. The molecule has 1 rings (SSSR count). The van der Waals surface area contributed by atoms with E-state index in [9.17, 15) is 9.90 Å². The van der Waals surface area contributed by atoms with Crippen LogP contribution in [0.3, 0.4) is 0 Å². The van der Waals surface area contributed by atoms with Crippen LogP contribution >= 0.6 is 11.8 Å². The maximum absolute atomic E-state index is 11.2. The van der Waals surface area contributed by atoms with Crippen LogP contribution in [0.15, 0.2) is 18.2 Å². The van der Waals surface area contributed by atoms with Gasteiger partial charge in [-0.25, -0.2) is 0 Å². The zero-order valence-corrected chi connectivity index (χ0v) is 12.5. The highest BCUT2D eigenvalue weighted by molar-refractivity contribution is 7.99. The molecule has 19 heavy (non-hydrogen) atoms. The number of benzene rings is 1. The third kappa shape index (κ3) is 6.12. The number of aryl methyl sites for hydroxylation is 2. The highest BCUT2D eigenvalue weighted by atomic mass is 32.2. The average molecular weight is 281 g/mol. The van der Waals surface area contributed by atoms with Crippen molar-refractivity contribution in [3.8, 4) is 0 Å². The molecule has 0 heterocycles. The number of hydrogen-bond acceptors (Lipinski definition) is 3. The van der Waals surface area contributed by atoms with Gasteiger partial charge < -0.3 is 10.8 Å². The lowest BCUT2D eigenvalue weighted by atomic mass is 10.1. The van der Waals surface area contributed by atoms with Crippen molar-refractivity contribution in [3.05, 3.63) is 34.9 Å². The maximum atomic E-state index is 11.2. The van der Waals surface area contributed by atoms with E-state index in [-0.39, 0.29) is 5.25 Å². The number of carboxylic acids is 1. The second-order valence-electron chi connectivity index (χ2n) is 4.92. The number of carboxylic acid groups (broad SMARTS) is 1. The van der Waals surface area contributed by atoms with Crippen molar-refractivity contribution in [2.45, 2.75) is 44.1 Å². The summed E-state index contributed by atoms with van der Waals surface area (Å²) in [7, 11) is 0. The van der Waals surface area contributed by atoms with E-state index in [4.69, 9.17) is 5.73 Å². The summed E-state index contributed by atoms with van der Waals surface area (Å²) in [5, 5.41) is 8.88. The second-order valence-corrected chi connectivity index (χ2v) is 6.11. The van der Waals surface area contributed by atoms with E-state index in [0.29, 0.717) is 13.0 Å². The molecule has 1 aromatic rings. The summed E-state index contributed by atoms with van der Waals surface area (Å²) in [5.41, 5.74) is 9.09. The Labute approximate surface area is 119 Å². The molecule has 0 radical (unpaired) electrons. The normalized spacial score (nSPS) is 12.4. The van der Waals surface area contributed by atoms with Gasteiger partial charge in [0.15, 0.2) is 0 Å². The number of carbonyl (C=O) groups is 1. The molecule has 0 bridgehead atoms. The van der Waals surface area contributed by atoms with Crippen LogP contribution in [-0.4, -0.2) is 22.9 Å². The Hall–Kier alpha value is -1.00. The van der Waals surface area contributed by atoms with E-state index in [2.05, 4.69) is 32.0 Å². The highest BCUT2D eigenvalue weighted by Crippen LogP contribution is 2.23. The Bertz CT molecular complexity index is 400. The third-order valence-corrected chi connectivity index (χ3v) is 4.27. The molecule has 0 aliphatic carbocycles. The molecule has 0 saturated heterocycles. The summed E-state index contributed by atoms with van der Waals surface area (Å²) >= 11 is 1.51. The molecule has 0 saturated carbocycles. The minimum absolute atomic E-state index is 0.327. The van der Waals surface area contributed by atoms with Crippen LogP contribution in [0.5, 0.6) is 0 Å². The molecular weight excluding hydrogens is 258 g/mol. The van der Waals surface area contributed by atoms with E-state index < -0.39 is 5.97 Å². The first-order chi connectivity index (χ1) is 9.02. The molecule has 0 aliphatic rings. The second kappa shape index (κ2) is 8.23. The molecule has 1 atom stereocenters. The predicted molar refractivity (Wildman–Crippen MR) is 81.5 cm³/mol. The van der Waals surface area contributed by atoms with Crippen LogP contribution in [0.1, 0.15) is 36.0 Å². The number of aliphatic carboxylic acids is 1. The van der Waals surface area contributed by atoms with Crippen LogP contribution in [0, 0.1) is 13.8 Å². The van der Waals surface area contributed by atoms with Crippen LogP contribution in [0.25, 0.3) is 0 Å². The summed E-state index contributed by atoms with van der Waals surface area (Å²) in [6, 6.07) is 6.38. The summed E-state index contributed by atoms with van der Waals surface area (Å²) in [6.45, 7) is 4.77. The van der Waals surface area contributed by atoms with Crippen molar-refractivity contribution in [1.82, 2.24) is 0 Å². The van der Waals surface area contributed by atoms with Gasteiger partial charge in [-0.3, -0.25) is 4.79 Å². The lowest BCUT2D eigenvalue weighted by Crippen LogP contribution is -2.17. The smallest absolute Gasteiger partial charge is 0.316 e. The Morgan fingerprint density at radius 3 is 2.42 bits per heavy atom. The molecule has 4 heteroatoms. The Morgan fingerprint density at radius 1 is 1.26 bits per heavy atom. The monoisotopic (exact) mass is 281 g/mol. The predicted octanol–water partition coefficient (Wildman–Crippen LogP) is 3.12. The summed E-state index contributed by atoms with van der Waals surface area (Å²) < 4.78 is 0. The molecule has 0 aromatic heterocycles. The van der Waals surface area contributed by atoms with Crippen molar-refractivity contribution < 1.29 is 9.90 Å². The first-order valence-electron chi connectivity index (χ1n) is 6.64. The third-order valence-electron chi connectivity index (χ3n) is 2.93. The van der Waals surface area contributed by atoms with E-state index in [1.165, 1.54) is 28.5 Å². The number of unbranched alkanes of at least 4 members (excludes halogenated alkanes) is 1. The van der Waals surface area contributed by atoms with Crippen LogP contribution in [0.4, 0.5) is 0 Å². The maximum Gasteiger partial charge on any atom is 0.316 e. The van der Waals surface area contributed by atoms with Gasteiger partial charge in [-0.05, 0) is 38.8 Å².